The van der Waals surface area contributed by atoms with Crippen LogP contribution in [-0.4, -0.2) is 51.3 Å². The number of hydrogen-bond donors (Lipinski definition) is 2. The second kappa shape index (κ2) is 11.3. The number of aliphatic imine (C=N–C) groups is 1. The number of likely N-dealkylation sites (N-methyl/N-ethyl adjacent to an activating group) is 1. The quantitative estimate of drug-likeness (QED) is 0.373. The number of ether oxygens (including phenoxy) is 2. The number of anilines is 1. The van der Waals surface area contributed by atoms with E-state index in [1.807, 2.05) is 18.2 Å². The summed E-state index contributed by atoms with van der Waals surface area (Å²) in [7, 11) is 5.33. The van der Waals surface area contributed by atoms with E-state index in [9.17, 15) is 0 Å². The van der Waals surface area contributed by atoms with E-state index in [0.717, 1.165) is 24.4 Å². The van der Waals surface area contributed by atoms with Gasteiger partial charge in [0.1, 0.15) is 11.5 Å². The number of benzene rings is 1. The fraction of sp³-hybridized carbons (Fsp3) is 0.562. The van der Waals surface area contributed by atoms with Crippen molar-refractivity contribution in [1.82, 2.24) is 4.90 Å². The minimum atomic E-state index is 0. The van der Waals surface area contributed by atoms with Gasteiger partial charge in [0, 0.05) is 18.7 Å². The Morgan fingerprint density at radius 3 is 2.61 bits per heavy atom. The van der Waals surface area contributed by atoms with E-state index in [2.05, 4.69) is 36.1 Å². The first kappa shape index (κ1) is 21.8. The Kier molecular flexibility index (Phi) is 10.7. The molecule has 0 amide bonds. The number of nitrogens with one attached hydrogen (secondary N) is 1. The smallest absolute Gasteiger partial charge is 0.193 e. The fourth-order valence-electron chi connectivity index (χ4n) is 1.95. The van der Waals surface area contributed by atoms with E-state index in [0.29, 0.717) is 24.3 Å². The van der Waals surface area contributed by atoms with Crippen molar-refractivity contribution >= 4 is 35.6 Å². The van der Waals surface area contributed by atoms with Crippen LogP contribution in [-0.2, 0) is 0 Å². The van der Waals surface area contributed by atoms with Crippen LogP contribution in [0.15, 0.2) is 23.2 Å². The molecule has 0 aromatic heterocycles. The molecule has 1 unspecified atom stereocenters. The van der Waals surface area contributed by atoms with Crippen LogP contribution in [0, 0.1) is 0 Å². The van der Waals surface area contributed by atoms with Crippen molar-refractivity contribution in [2.24, 2.45) is 10.7 Å². The highest BCUT2D eigenvalue weighted by Crippen LogP contribution is 2.28. The number of nitrogens with zero attached hydrogens (tertiary/aromatic N) is 2. The Balaban J connectivity index is 0.00000484. The zero-order chi connectivity index (χ0) is 16.5. The highest BCUT2D eigenvalue weighted by molar-refractivity contribution is 14.0. The SMILES string of the molecule is CCC(C)N(C)CCN=C(N)Nc1cc(OC)ccc1OC.I. The van der Waals surface area contributed by atoms with Gasteiger partial charge in [-0.2, -0.15) is 0 Å². The second-order valence-corrected chi connectivity index (χ2v) is 5.20. The van der Waals surface area contributed by atoms with E-state index in [4.69, 9.17) is 15.2 Å². The third-order valence-corrected chi connectivity index (χ3v) is 3.75. The maximum absolute atomic E-state index is 5.94. The molecule has 0 aliphatic heterocycles. The molecule has 3 N–H and O–H groups in total. The van der Waals surface area contributed by atoms with Gasteiger partial charge in [0.25, 0.3) is 0 Å². The molecule has 7 heteroatoms. The summed E-state index contributed by atoms with van der Waals surface area (Å²) < 4.78 is 10.5. The number of rotatable bonds is 8. The molecule has 0 bridgehead atoms. The van der Waals surface area contributed by atoms with Crippen molar-refractivity contribution in [3.05, 3.63) is 18.2 Å². The van der Waals surface area contributed by atoms with Crippen LogP contribution in [0.5, 0.6) is 11.5 Å². The molecule has 132 valence electrons. The van der Waals surface area contributed by atoms with Crippen molar-refractivity contribution in [2.45, 2.75) is 26.3 Å². The highest BCUT2D eigenvalue weighted by atomic mass is 127. The Hall–Kier alpha value is -1.22. The lowest BCUT2D eigenvalue weighted by Gasteiger charge is -2.22. The van der Waals surface area contributed by atoms with E-state index < -0.39 is 0 Å². The molecular formula is C16H29IN4O2. The number of halogens is 1. The first-order valence-corrected chi connectivity index (χ1v) is 7.51. The number of nitrogens with two attached hydrogens (primary N) is 1. The fourth-order valence-corrected chi connectivity index (χ4v) is 1.95. The number of hydrogen-bond acceptors (Lipinski definition) is 4. The molecule has 0 spiro atoms. The molecule has 0 heterocycles. The van der Waals surface area contributed by atoms with Crippen molar-refractivity contribution in [3.8, 4) is 11.5 Å². The maximum atomic E-state index is 5.94. The Labute approximate surface area is 156 Å². The van der Waals surface area contributed by atoms with Crippen LogP contribution >= 0.6 is 24.0 Å². The highest BCUT2D eigenvalue weighted by Gasteiger charge is 2.07. The monoisotopic (exact) mass is 436 g/mol. The zero-order valence-electron chi connectivity index (χ0n) is 14.6. The molecule has 1 aromatic carbocycles. The summed E-state index contributed by atoms with van der Waals surface area (Å²) in [5.74, 6) is 1.78. The zero-order valence-corrected chi connectivity index (χ0v) is 17.0. The summed E-state index contributed by atoms with van der Waals surface area (Å²) in [5, 5.41) is 3.06. The van der Waals surface area contributed by atoms with E-state index in [1.165, 1.54) is 0 Å². The van der Waals surface area contributed by atoms with Crippen molar-refractivity contribution in [2.75, 3.05) is 39.7 Å². The molecule has 0 aliphatic rings. The average Bonchev–Trinajstić information content (AvgIpc) is 2.53. The predicted molar refractivity (Wildman–Crippen MR) is 107 cm³/mol. The molecule has 1 rings (SSSR count). The van der Waals surface area contributed by atoms with Crippen molar-refractivity contribution in [1.29, 1.82) is 0 Å². The van der Waals surface area contributed by atoms with Gasteiger partial charge >= 0.3 is 0 Å². The molecule has 0 saturated heterocycles. The normalized spacial score (nSPS) is 12.5. The summed E-state index contributed by atoms with van der Waals surface area (Å²) in [4.78, 5) is 6.62. The predicted octanol–water partition coefficient (Wildman–Crippen LogP) is 2.78. The number of guanidine groups is 1. The van der Waals surface area contributed by atoms with Gasteiger partial charge in [0.05, 0.1) is 26.5 Å². The Morgan fingerprint density at radius 2 is 2.04 bits per heavy atom. The van der Waals surface area contributed by atoms with Crippen LogP contribution in [0.25, 0.3) is 0 Å². The molecule has 0 fully saturated rings. The topological polar surface area (TPSA) is 72.1 Å². The van der Waals surface area contributed by atoms with Gasteiger partial charge < -0.3 is 25.4 Å². The first-order valence-electron chi connectivity index (χ1n) is 7.51. The van der Waals surface area contributed by atoms with Crippen LogP contribution < -0.4 is 20.5 Å². The van der Waals surface area contributed by atoms with E-state index >= 15 is 0 Å². The lowest BCUT2D eigenvalue weighted by molar-refractivity contribution is 0.259. The Morgan fingerprint density at radius 1 is 1.35 bits per heavy atom. The summed E-state index contributed by atoms with van der Waals surface area (Å²) in [6.45, 7) is 5.89. The third kappa shape index (κ3) is 7.26. The van der Waals surface area contributed by atoms with Gasteiger partial charge in [0.15, 0.2) is 5.96 Å². The molecule has 23 heavy (non-hydrogen) atoms. The Bertz CT molecular complexity index is 497. The average molecular weight is 436 g/mol. The summed E-state index contributed by atoms with van der Waals surface area (Å²) in [6.07, 6.45) is 1.12. The van der Waals surface area contributed by atoms with Crippen LogP contribution in [0.3, 0.4) is 0 Å². The van der Waals surface area contributed by atoms with Gasteiger partial charge in [-0.15, -0.1) is 24.0 Å². The van der Waals surface area contributed by atoms with Gasteiger partial charge in [-0.1, -0.05) is 6.92 Å². The minimum Gasteiger partial charge on any atom is -0.497 e. The van der Waals surface area contributed by atoms with Crippen LogP contribution in [0.1, 0.15) is 20.3 Å². The molecule has 1 aromatic rings. The van der Waals surface area contributed by atoms with Crippen molar-refractivity contribution in [3.63, 3.8) is 0 Å². The minimum absolute atomic E-state index is 0. The molecule has 0 radical (unpaired) electrons. The van der Waals surface area contributed by atoms with Gasteiger partial charge in [0.2, 0.25) is 0 Å². The summed E-state index contributed by atoms with van der Waals surface area (Å²) in [6, 6.07) is 6.03. The molecule has 0 aliphatic carbocycles. The van der Waals surface area contributed by atoms with Gasteiger partial charge in [-0.05, 0) is 32.5 Å². The van der Waals surface area contributed by atoms with Gasteiger partial charge in [-0.25, -0.2) is 0 Å². The summed E-state index contributed by atoms with van der Waals surface area (Å²) >= 11 is 0. The second-order valence-electron chi connectivity index (χ2n) is 5.20. The first-order chi connectivity index (χ1) is 10.5. The molecular weight excluding hydrogens is 407 g/mol. The lowest BCUT2D eigenvalue weighted by Crippen LogP contribution is -2.31. The standard InChI is InChI=1S/C16H28N4O2.HI/c1-6-12(2)20(3)10-9-18-16(17)19-14-11-13(21-4)7-8-15(14)22-5;/h7-8,11-12H,6,9-10H2,1-5H3,(H3,17,18,19);1H. The van der Waals surface area contributed by atoms with Crippen molar-refractivity contribution < 1.29 is 9.47 Å². The summed E-state index contributed by atoms with van der Waals surface area (Å²) in [5.41, 5.74) is 6.67. The van der Waals surface area contributed by atoms with Crippen LogP contribution in [0.2, 0.25) is 0 Å². The molecule has 6 nitrogen and oxygen atoms in total. The maximum Gasteiger partial charge on any atom is 0.193 e. The lowest BCUT2D eigenvalue weighted by atomic mass is 10.2. The third-order valence-electron chi connectivity index (χ3n) is 3.75. The van der Waals surface area contributed by atoms with E-state index in [-0.39, 0.29) is 24.0 Å². The van der Waals surface area contributed by atoms with Crippen LogP contribution in [0.4, 0.5) is 5.69 Å². The largest absolute Gasteiger partial charge is 0.497 e. The number of methoxy groups -OCH3 is 2. The van der Waals surface area contributed by atoms with Gasteiger partial charge in [-0.3, -0.25) is 4.99 Å². The molecule has 0 saturated carbocycles. The van der Waals surface area contributed by atoms with E-state index in [1.54, 1.807) is 14.2 Å². The molecule has 1 atom stereocenters.